The number of anilines is 1. The summed E-state index contributed by atoms with van der Waals surface area (Å²) in [5.74, 6) is 1.28. The molecule has 0 radical (unpaired) electrons. The van der Waals surface area contributed by atoms with Gasteiger partial charge in [-0.3, -0.25) is 4.79 Å². The van der Waals surface area contributed by atoms with Gasteiger partial charge >= 0.3 is 0 Å². The number of carbonyl (C=O) groups excluding carboxylic acids is 1. The lowest BCUT2D eigenvalue weighted by Gasteiger charge is -2.22. The van der Waals surface area contributed by atoms with E-state index in [1.165, 1.54) is 11.1 Å². The van der Waals surface area contributed by atoms with Crippen molar-refractivity contribution in [2.24, 2.45) is 0 Å². The van der Waals surface area contributed by atoms with E-state index in [2.05, 4.69) is 49.6 Å². The zero-order valence-electron chi connectivity index (χ0n) is 16.2. The topological polar surface area (TPSA) is 59.6 Å². The Hall–Kier alpha value is -2.37. The van der Waals surface area contributed by atoms with Gasteiger partial charge in [0.2, 0.25) is 5.91 Å². The fourth-order valence-electron chi connectivity index (χ4n) is 3.05. The van der Waals surface area contributed by atoms with E-state index in [0.717, 1.165) is 17.0 Å². The Morgan fingerprint density at radius 1 is 1.26 bits per heavy atom. The van der Waals surface area contributed by atoms with Crippen molar-refractivity contribution in [2.45, 2.75) is 39.3 Å². The molecule has 0 aliphatic carbocycles. The number of amides is 1. The fourth-order valence-corrected chi connectivity index (χ4v) is 3.05. The van der Waals surface area contributed by atoms with Crippen LogP contribution in [0.5, 0.6) is 5.75 Å². The average molecular weight is 368 g/mol. The number of rotatable bonds is 6. The van der Waals surface area contributed by atoms with Gasteiger partial charge in [-0.05, 0) is 47.7 Å². The Labute approximate surface area is 161 Å². The number of morpholine rings is 1. The van der Waals surface area contributed by atoms with E-state index in [-0.39, 0.29) is 11.9 Å². The minimum absolute atomic E-state index is 0.0694. The SMILES string of the molecule is Cc1ccc(C(C)C)c(OCc2ccc(NC(=O)C3COCCN3)cc2)c1. The van der Waals surface area contributed by atoms with Crippen LogP contribution in [0.4, 0.5) is 5.69 Å². The highest BCUT2D eigenvalue weighted by Gasteiger charge is 2.21. The van der Waals surface area contributed by atoms with Gasteiger partial charge in [-0.15, -0.1) is 0 Å². The first kappa shape index (κ1) is 19.4. The standard InChI is InChI=1S/C22H28N2O3/c1-15(2)19-9-4-16(3)12-21(19)27-13-17-5-7-18(8-6-17)24-22(25)20-14-26-11-10-23-20/h4-9,12,15,20,23H,10-11,13-14H2,1-3H3,(H,24,25). The molecule has 1 atom stereocenters. The van der Waals surface area contributed by atoms with Crippen LogP contribution < -0.4 is 15.4 Å². The van der Waals surface area contributed by atoms with Crippen LogP contribution in [-0.2, 0) is 16.1 Å². The predicted octanol–water partition coefficient (Wildman–Crippen LogP) is 3.62. The molecule has 0 aromatic heterocycles. The van der Waals surface area contributed by atoms with Crippen LogP contribution >= 0.6 is 0 Å². The quantitative estimate of drug-likeness (QED) is 0.818. The van der Waals surface area contributed by atoms with Gasteiger partial charge in [-0.25, -0.2) is 0 Å². The maximum absolute atomic E-state index is 12.2. The second-order valence-corrected chi connectivity index (χ2v) is 7.25. The highest BCUT2D eigenvalue weighted by molar-refractivity contribution is 5.95. The predicted molar refractivity (Wildman–Crippen MR) is 107 cm³/mol. The zero-order valence-corrected chi connectivity index (χ0v) is 16.2. The number of ether oxygens (including phenoxy) is 2. The van der Waals surface area contributed by atoms with Gasteiger partial charge in [0.25, 0.3) is 0 Å². The van der Waals surface area contributed by atoms with Crippen molar-refractivity contribution in [1.82, 2.24) is 5.32 Å². The molecule has 5 heteroatoms. The largest absolute Gasteiger partial charge is 0.489 e. The van der Waals surface area contributed by atoms with Crippen LogP contribution in [0.3, 0.4) is 0 Å². The first-order chi connectivity index (χ1) is 13.0. The summed E-state index contributed by atoms with van der Waals surface area (Å²) in [6.45, 7) is 8.66. The highest BCUT2D eigenvalue weighted by Crippen LogP contribution is 2.28. The van der Waals surface area contributed by atoms with Gasteiger partial charge in [0, 0.05) is 12.2 Å². The monoisotopic (exact) mass is 368 g/mol. The molecule has 3 rings (SSSR count). The number of benzene rings is 2. The van der Waals surface area contributed by atoms with E-state index in [0.29, 0.717) is 32.3 Å². The van der Waals surface area contributed by atoms with Gasteiger partial charge < -0.3 is 20.1 Å². The van der Waals surface area contributed by atoms with Crippen LogP contribution in [0.25, 0.3) is 0 Å². The third-order valence-electron chi connectivity index (χ3n) is 4.65. The normalized spacial score (nSPS) is 17.0. The average Bonchev–Trinajstić information content (AvgIpc) is 2.68. The third-order valence-corrected chi connectivity index (χ3v) is 4.65. The van der Waals surface area contributed by atoms with Crippen molar-refractivity contribution in [2.75, 3.05) is 25.1 Å². The van der Waals surface area contributed by atoms with E-state index in [1.54, 1.807) is 0 Å². The van der Waals surface area contributed by atoms with Crippen molar-refractivity contribution in [3.63, 3.8) is 0 Å². The van der Waals surface area contributed by atoms with Crippen LogP contribution in [0.2, 0.25) is 0 Å². The molecule has 1 unspecified atom stereocenters. The molecule has 0 saturated carbocycles. The summed E-state index contributed by atoms with van der Waals surface area (Å²) < 4.78 is 11.4. The molecule has 1 heterocycles. The van der Waals surface area contributed by atoms with Crippen LogP contribution in [0, 0.1) is 6.92 Å². The van der Waals surface area contributed by atoms with Gasteiger partial charge in [0.1, 0.15) is 18.4 Å². The highest BCUT2D eigenvalue weighted by atomic mass is 16.5. The lowest BCUT2D eigenvalue weighted by Crippen LogP contribution is -2.48. The number of hydrogen-bond donors (Lipinski definition) is 2. The number of hydrogen-bond acceptors (Lipinski definition) is 4. The molecular weight excluding hydrogens is 340 g/mol. The Morgan fingerprint density at radius 3 is 2.70 bits per heavy atom. The van der Waals surface area contributed by atoms with Gasteiger partial charge in [-0.2, -0.15) is 0 Å². The molecule has 1 fully saturated rings. The van der Waals surface area contributed by atoms with Crippen molar-refractivity contribution in [3.8, 4) is 5.75 Å². The van der Waals surface area contributed by atoms with Crippen LogP contribution in [0.1, 0.15) is 36.5 Å². The van der Waals surface area contributed by atoms with E-state index in [1.807, 2.05) is 24.3 Å². The van der Waals surface area contributed by atoms with E-state index in [9.17, 15) is 4.79 Å². The van der Waals surface area contributed by atoms with Crippen molar-refractivity contribution >= 4 is 11.6 Å². The number of aryl methyl sites for hydroxylation is 1. The fraction of sp³-hybridized carbons (Fsp3) is 0.409. The summed E-state index contributed by atoms with van der Waals surface area (Å²) in [6.07, 6.45) is 0. The molecule has 144 valence electrons. The third kappa shape index (κ3) is 5.31. The second-order valence-electron chi connectivity index (χ2n) is 7.25. The zero-order chi connectivity index (χ0) is 19.2. The second kappa shape index (κ2) is 9.02. The van der Waals surface area contributed by atoms with E-state index < -0.39 is 0 Å². The number of nitrogens with one attached hydrogen (secondary N) is 2. The maximum Gasteiger partial charge on any atom is 0.243 e. The maximum atomic E-state index is 12.2. The molecule has 5 nitrogen and oxygen atoms in total. The van der Waals surface area contributed by atoms with Crippen molar-refractivity contribution < 1.29 is 14.3 Å². The van der Waals surface area contributed by atoms with E-state index >= 15 is 0 Å². The molecule has 1 aliphatic heterocycles. The van der Waals surface area contributed by atoms with Crippen LogP contribution in [-0.4, -0.2) is 31.7 Å². The lowest BCUT2D eigenvalue weighted by molar-refractivity contribution is -0.120. The van der Waals surface area contributed by atoms with Gasteiger partial charge in [-0.1, -0.05) is 38.1 Å². The number of carbonyl (C=O) groups is 1. The first-order valence-electron chi connectivity index (χ1n) is 9.47. The van der Waals surface area contributed by atoms with Gasteiger partial charge in [0.05, 0.1) is 13.2 Å². The molecule has 27 heavy (non-hydrogen) atoms. The minimum Gasteiger partial charge on any atom is -0.489 e. The van der Waals surface area contributed by atoms with Gasteiger partial charge in [0.15, 0.2) is 0 Å². The lowest BCUT2D eigenvalue weighted by atomic mass is 10.0. The molecule has 2 aromatic carbocycles. The summed E-state index contributed by atoms with van der Waals surface area (Å²) in [7, 11) is 0. The van der Waals surface area contributed by atoms with Crippen molar-refractivity contribution in [1.29, 1.82) is 0 Å². The Balaban J connectivity index is 1.58. The summed E-state index contributed by atoms with van der Waals surface area (Å²) >= 11 is 0. The van der Waals surface area contributed by atoms with E-state index in [4.69, 9.17) is 9.47 Å². The molecule has 1 amide bonds. The van der Waals surface area contributed by atoms with Crippen molar-refractivity contribution in [3.05, 3.63) is 59.2 Å². The smallest absolute Gasteiger partial charge is 0.243 e. The molecule has 1 saturated heterocycles. The molecule has 2 aromatic rings. The molecule has 1 aliphatic rings. The summed E-state index contributed by atoms with van der Waals surface area (Å²) in [6, 6.07) is 13.8. The first-order valence-corrected chi connectivity index (χ1v) is 9.47. The Kier molecular flexibility index (Phi) is 6.48. The summed E-state index contributed by atoms with van der Waals surface area (Å²) in [5.41, 5.74) is 4.23. The molecule has 2 N–H and O–H groups in total. The Bertz CT molecular complexity index is 766. The molecule has 0 bridgehead atoms. The minimum atomic E-state index is -0.294. The van der Waals surface area contributed by atoms with Crippen LogP contribution in [0.15, 0.2) is 42.5 Å². The summed E-state index contributed by atoms with van der Waals surface area (Å²) in [5, 5.41) is 6.07. The molecular formula is C22H28N2O3. The Morgan fingerprint density at radius 2 is 2.04 bits per heavy atom. The molecule has 0 spiro atoms. The summed E-state index contributed by atoms with van der Waals surface area (Å²) in [4.78, 5) is 12.2.